The summed E-state index contributed by atoms with van der Waals surface area (Å²) in [5, 5.41) is 20.8. The molecule has 1 aromatic heterocycles. The number of phenolic OH excluding ortho intramolecular Hbond substituents is 2. The van der Waals surface area contributed by atoms with Crippen molar-refractivity contribution in [3.8, 4) is 17.2 Å². The van der Waals surface area contributed by atoms with Gasteiger partial charge in [0.1, 0.15) is 17.3 Å². The third-order valence-corrected chi connectivity index (χ3v) is 4.82. The predicted octanol–water partition coefficient (Wildman–Crippen LogP) is 4.73. The molecule has 2 N–H and O–H groups in total. The van der Waals surface area contributed by atoms with Gasteiger partial charge in [0.05, 0.1) is 16.6 Å². The average molecular weight is 435 g/mol. The van der Waals surface area contributed by atoms with Crippen LogP contribution in [0.4, 0.5) is 0 Å². The van der Waals surface area contributed by atoms with Gasteiger partial charge in [0.2, 0.25) is 0 Å². The number of rotatable bonds is 3. The molecule has 0 radical (unpaired) electrons. The molecule has 138 valence electrons. The Hall–Kier alpha value is -3.38. The smallest absolute Gasteiger partial charge is 0.266 e. The monoisotopic (exact) mass is 434 g/mol. The van der Waals surface area contributed by atoms with E-state index in [0.29, 0.717) is 28.0 Å². The van der Waals surface area contributed by atoms with Gasteiger partial charge in [-0.05, 0) is 54.6 Å². The number of benzene rings is 3. The zero-order valence-corrected chi connectivity index (χ0v) is 16.2. The van der Waals surface area contributed by atoms with Crippen molar-refractivity contribution >= 4 is 39.0 Å². The summed E-state index contributed by atoms with van der Waals surface area (Å²) in [7, 11) is 0. The van der Waals surface area contributed by atoms with Crippen LogP contribution in [0.15, 0.2) is 76.0 Å². The van der Waals surface area contributed by atoms with E-state index in [-0.39, 0.29) is 17.1 Å². The van der Waals surface area contributed by atoms with Crippen molar-refractivity contribution in [2.75, 3.05) is 0 Å². The molecule has 28 heavy (non-hydrogen) atoms. The van der Waals surface area contributed by atoms with Gasteiger partial charge >= 0.3 is 0 Å². The second kappa shape index (κ2) is 7.32. The van der Waals surface area contributed by atoms with Gasteiger partial charge in [0.25, 0.3) is 5.56 Å². The van der Waals surface area contributed by atoms with Crippen molar-refractivity contribution < 1.29 is 10.2 Å². The van der Waals surface area contributed by atoms with Crippen LogP contribution in [-0.2, 0) is 0 Å². The summed E-state index contributed by atoms with van der Waals surface area (Å²) in [5.41, 5.74) is 1.17. The summed E-state index contributed by atoms with van der Waals surface area (Å²) in [5.74, 6) is 0.419. The minimum absolute atomic E-state index is 0.0263. The molecule has 0 atom stereocenters. The predicted molar refractivity (Wildman–Crippen MR) is 114 cm³/mol. The number of aromatic nitrogens is 2. The number of nitrogens with zero attached hydrogens (tertiary/aromatic N) is 2. The molecule has 0 fully saturated rings. The minimum Gasteiger partial charge on any atom is -0.507 e. The standard InChI is InChI=1S/C22H15BrN2O3/c23-15-10-11-19(26)14(13-15)9-12-21-24-17-6-2-1-5-16(17)22(28)25(21)18-7-3-4-8-20(18)27/h1-13,26-27H. The first-order chi connectivity index (χ1) is 13.5. The number of hydrogen-bond acceptors (Lipinski definition) is 4. The lowest BCUT2D eigenvalue weighted by Crippen LogP contribution is -2.22. The van der Waals surface area contributed by atoms with Crippen LogP contribution in [0, 0.1) is 0 Å². The molecule has 0 aliphatic heterocycles. The van der Waals surface area contributed by atoms with Gasteiger partial charge in [0.15, 0.2) is 0 Å². The number of phenols is 2. The first-order valence-electron chi connectivity index (χ1n) is 8.51. The first-order valence-corrected chi connectivity index (χ1v) is 9.30. The molecule has 1 heterocycles. The van der Waals surface area contributed by atoms with Crippen molar-refractivity contribution in [2.24, 2.45) is 0 Å². The normalized spacial score (nSPS) is 11.3. The number of halogens is 1. The molecular weight excluding hydrogens is 420 g/mol. The van der Waals surface area contributed by atoms with E-state index in [2.05, 4.69) is 20.9 Å². The van der Waals surface area contributed by atoms with Crippen molar-refractivity contribution in [3.05, 3.63) is 92.9 Å². The largest absolute Gasteiger partial charge is 0.507 e. The Morgan fingerprint density at radius 3 is 2.46 bits per heavy atom. The molecule has 5 nitrogen and oxygen atoms in total. The van der Waals surface area contributed by atoms with Crippen molar-refractivity contribution in [2.45, 2.75) is 0 Å². The van der Waals surface area contributed by atoms with Gasteiger partial charge in [-0.3, -0.25) is 9.36 Å². The summed E-state index contributed by atoms with van der Waals surface area (Å²) in [4.78, 5) is 17.7. The molecule has 0 saturated heterocycles. The van der Waals surface area contributed by atoms with Gasteiger partial charge in [-0.1, -0.05) is 40.2 Å². The molecule has 6 heteroatoms. The van der Waals surface area contributed by atoms with Crippen LogP contribution in [0.5, 0.6) is 11.5 Å². The molecule has 3 aromatic carbocycles. The van der Waals surface area contributed by atoms with E-state index < -0.39 is 0 Å². The van der Waals surface area contributed by atoms with E-state index in [9.17, 15) is 15.0 Å². The summed E-state index contributed by atoms with van der Waals surface area (Å²) in [6.45, 7) is 0. The highest BCUT2D eigenvalue weighted by Gasteiger charge is 2.13. The summed E-state index contributed by atoms with van der Waals surface area (Å²) in [6.07, 6.45) is 3.31. The molecule has 4 rings (SSSR count). The van der Waals surface area contributed by atoms with E-state index in [0.717, 1.165) is 4.47 Å². The molecule has 0 saturated carbocycles. The Morgan fingerprint density at radius 1 is 0.893 bits per heavy atom. The highest BCUT2D eigenvalue weighted by Crippen LogP contribution is 2.25. The maximum absolute atomic E-state index is 13.2. The molecule has 0 spiro atoms. The maximum atomic E-state index is 13.2. The fourth-order valence-corrected chi connectivity index (χ4v) is 3.35. The number of aromatic hydroxyl groups is 2. The summed E-state index contributed by atoms with van der Waals surface area (Å²) < 4.78 is 2.18. The van der Waals surface area contributed by atoms with Gasteiger partial charge in [-0.15, -0.1) is 0 Å². The Labute approximate surface area is 169 Å². The molecule has 0 amide bonds. The zero-order valence-electron chi connectivity index (χ0n) is 14.6. The van der Waals surface area contributed by atoms with E-state index in [1.165, 1.54) is 10.6 Å². The Bertz CT molecular complexity index is 1280. The SMILES string of the molecule is O=c1c2ccccc2nc(C=Cc2cc(Br)ccc2O)n1-c1ccccc1O. The Morgan fingerprint density at radius 2 is 1.64 bits per heavy atom. The van der Waals surface area contributed by atoms with Crippen LogP contribution in [0.3, 0.4) is 0 Å². The van der Waals surface area contributed by atoms with Crippen LogP contribution in [0.2, 0.25) is 0 Å². The molecule has 0 aliphatic carbocycles. The summed E-state index contributed by atoms with van der Waals surface area (Å²) >= 11 is 3.38. The van der Waals surface area contributed by atoms with Crippen LogP contribution in [0.1, 0.15) is 11.4 Å². The third kappa shape index (κ3) is 3.30. The Balaban J connectivity index is 1.98. The molecular formula is C22H15BrN2O3. The highest BCUT2D eigenvalue weighted by molar-refractivity contribution is 9.10. The zero-order chi connectivity index (χ0) is 19.7. The van der Waals surface area contributed by atoms with Crippen LogP contribution < -0.4 is 5.56 Å². The van der Waals surface area contributed by atoms with Gasteiger partial charge < -0.3 is 10.2 Å². The number of hydrogen-bond donors (Lipinski definition) is 2. The van der Waals surface area contributed by atoms with E-state index in [1.54, 1.807) is 66.7 Å². The molecule has 0 aliphatic rings. The fourth-order valence-electron chi connectivity index (χ4n) is 2.97. The van der Waals surface area contributed by atoms with E-state index >= 15 is 0 Å². The average Bonchev–Trinajstić information content (AvgIpc) is 2.70. The first kappa shape index (κ1) is 18.0. The molecule has 0 unspecified atom stereocenters. The van der Waals surface area contributed by atoms with Gasteiger partial charge in [0, 0.05) is 10.0 Å². The topological polar surface area (TPSA) is 75.3 Å². The maximum Gasteiger partial charge on any atom is 0.266 e. The van der Waals surface area contributed by atoms with E-state index in [1.807, 2.05) is 6.07 Å². The lowest BCUT2D eigenvalue weighted by Gasteiger charge is -2.12. The second-order valence-electron chi connectivity index (χ2n) is 6.15. The highest BCUT2D eigenvalue weighted by atomic mass is 79.9. The quantitative estimate of drug-likeness (QED) is 0.488. The van der Waals surface area contributed by atoms with Crippen molar-refractivity contribution in [3.63, 3.8) is 0 Å². The second-order valence-corrected chi connectivity index (χ2v) is 7.07. The van der Waals surface area contributed by atoms with Crippen molar-refractivity contribution in [1.29, 1.82) is 0 Å². The number of fused-ring (bicyclic) bond motifs is 1. The van der Waals surface area contributed by atoms with Gasteiger partial charge in [-0.25, -0.2) is 4.98 Å². The van der Waals surface area contributed by atoms with Crippen LogP contribution >= 0.6 is 15.9 Å². The van der Waals surface area contributed by atoms with Crippen molar-refractivity contribution in [1.82, 2.24) is 9.55 Å². The number of para-hydroxylation sites is 3. The molecule has 0 bridgehead atoms. The summed E-state index contributed by atoms with van der Waals surface area (Å²) in [6, 6.07) is 18.7. The van der Waals surface area contributed by atoms with Gasteiger partial charge in [-0.2, -0.15) is 0 Å². The fraction of sp³-hybridized carbons (Fsp3) is 0. The minimum atomic E-state index is -0.287. The lowest BCUT2D eigenvalue weighted by atomic mass is 10.1. The third-order valence-electron chi connectivity index (χ3n) is 4.33. The van der Waals surface area contributed by atoms with E-state index in [4.69, 9.17) is 0 Å². The van der Waals surface area contributed by atoms with Crippen LogP contribution in [-0.4, -0.2) is 19.8 Å². The lowest BCUT2D eigenvalue weighted by molar-refractivity contribution is 0.471. The van der Waals surface area contributed by atoms with Crippen LogP contribution in [0.25, 0.3) is 28.7 Å². The molecule has 4 aromatic rings. The Kier molecular flexibility index (Phi) is 4.71.